The van der Waals surface area contributed by atoms with Gasteiger partial charge in [0.05, 0.1) is 0 Å². The van der Waals surface area contributed by atoms with E-state index in [2.05, 4.69) is 6.92 Å². The maximum atomic E-state index is 9.56. The second-order valence-electron chi connectivity index (χ2n) is 1.31. The standard InChI is InChI=1S/C5H10O/c1-2-3-4-5-6/h5H,2-4H2,1H3/p+1. The van der Waals surface area contributed by atoms with E-state index in [1.807, 2.05) is 0 Å². The van der Waals surface area contributed by atoms with Crippen molar-refractivity contribution in [3.8, 4) is 0 Å². The molecule has 0 amide bonds. The van der Waals surface area contributed by atoms with Crippen molar-refractivity contribution in [1.82, 2.24) is 0 Å². The Morgan fingerprint density at radius 2 is 2.50 bits per heavy atom. The van der Waals surface area contributed by atoms with Crippen molar-refractivity contribution in [2.45, 2.75) is 26.2 Å². The molecule has 0 rings (SSSR count). The minimum absolute atomic E-state index is 0. The second kappa shape index (κ2) is 4.67. The molecule has 6 heavy (non-hydrogen) atoms. The first-order valence-corrected chi connectivity index (χ1v) is 2.35. The van der Waals surface area contributed by atoms with Crippen LogP contribution in [0.2, 0.25) is 0 Å². The van der Waals surface area contributed by atoms with Crippen LogP contribution in [-0.2, 0) is 4.79 Å². The second-order valence-corrected chi connectivity index (χ2v) is 1.31. The molecule has 0 saturated carbocycles. The molecule has 1 nitrogen and oxygen atoms in total. The predicted octanol–water partition coefficient (Wildman–Crippen LogP) is 1.49. The third-order valence-electron chi connectivity index (χ3n) is 0.676. The number of rotatable bonds is 3. The zero-order valence-corrected chi connectivity index (χ0v) is 4.11. The first-order chi connectivity index (χ1) is 2.91. The van der Waals surface area contributed by atoms with E-state index < -0.39 is 0 Å². The van der Waals surface area contributed by atoms with Crippen LogP contribution in [0.5, 0.6) is 0 Å². The Balaban J connectivity index is 0. The Labute approximate surface area is 39.8 Å². The van der Waals surface area contributed by atoms with E-state index in [1.165, 1.54) is 0 Å². The Hall–Kier alpha value is -0.330. The van der Waals surface area contributed by atoms with Gasteiger partial charge in [-0.25, -0.2) is 0 Å². The van der Waals surface area contributed by atoms with Crippen molar-refractivity contribution in [2.24, 2.45) is 0 Å². The zero-order chi connectivity index (χ0) is 4.83. The molecule has 0 aromatic heterocycles. The third-order valence-corrected chi connectivity index (χ3v) is 0.676. The lowest BCUT2D eigenvalue weighted by Crippen LogP contribution is -1.70. The molecule has 0 aromatic carbocycles. The van der Waals surface area contributed by atoms with Crippen LogP contribution in [0, 0.1) is 0 Å². The minimum Gasteiger partial charge on any atom is -0.303 e. The number of hydrogen-bond acceptors (Lipinski definition) is 1. The number of hydrogen-bond donors (Lipinski definition) is 0. The van der Waals surface area contributed by atoms with Crippen LogP contribution in [0.3, 0.4) is 0 Å². The molecule has 0 aromatic rings. The minimum atomic E-state index is 0. The Bertz CT molecular complexity index is 37.1. The highest BCUT2D eigenvalue weighted by Crippen LogP contribution is 1.87. The van der Waals surface area contributed by atoms with Crippen molar-refractivity contribution in [3.63, 3.8) is 0 Å². The summed E-state index contributed by atoms with van der Waals surface area (Å²) in [6.45, 7) is 2.07. The molecule has 0 bridgehead atoms. The van der Waals surface area contributed by atoms with Crippen molar-refractivity contribution >= 4 is 6.29 Å². The quantitative estimate of drug-likeness (QED) is 0.376. The number of carbonyl (C=O) groups is 1. The predicted molar refractivity (Wildman–Crippen MR) is 26.7 cm³/mol. The average Bonchev–Trinajstić information content (AvgIpc) is 1.61. The smallest absolute Gasteiger partial charge is 0.303 e. The summed E-state index contributed by atoms with van der Waals surface area (Å²) < 4.78 is 0. The molecule has 36 valence electrons. The fourth-order valence-corrected chi connectivity index (χ4v) is 0.287. The van der Waals surface area contributed by atoms with E-state index in [0.29, 0.717) is 0 Å². The lowest BCUT2D eigenvalue weighted by Gasteiger charge is -1.79. The molecule has 1 heteroatoms. The summed E-state index contributed by atoms with van der Waals surface area (Å²) in [5, 5.41) is 0. The SMILES string of the molecule is CCCCC=O.[H+]. The maximum absolute atomic E-state index is 9.56. The molecule has 0 N–H and O–H groups in total. The summed E-state index contributed by atoms with van der Waals surface area (Å²) in [7, 11) is 0. The van der Waals surface area contributed by atoms with Crippen molar-refractivity contribution in [3.05, 3.63) is 0 Å². The van der Waals surface area contributed by atoms with Crippen molar-refractivity contribution in [2.75, 3.05) is 0 Å². The van der Waals surface area contributed by atoms with E-state index in [4.69, 9.17) is 0 Å². The van der Waals surface area contributed by atoms with Gasteiger partial charge in [-0.15, -0.1) is 0 Å². The van der Waals surface area contributed by atoms with E-state index in [9.17, 15) is 4.79 Å². The monoisotopic (exact) mass is 87.1 g/mol. The lowest BCUT2D eigenvalue weighted by molar-refractivity contribution is -0.107. The van der Waals surface area contributed by atoms with Gasteiger partial charge in [0.1, 0.15) is 6.29 Å². The fraction of sp³-hybridized carbons (Fsp3) is 0.800. The molecule has 0 saturated heterocycles. The summed E-state index contributed by atoms with van der Waals surface area (Å²) >= 11 is 0. The Morgan fingerprint density at radius 3 is 2.67 bits per heavy atom. The van der Waals surface area contributed by atoms with Gasteiger partial charge in [-0.3, -0.25) is 0 Å². The van der Waals surface area contributed by atoms with E-state index in [-0.39, 0.29) is 1.43 Å². The number of aldehydes is 1. The average molecular weight is 87.1 g/mol. The topological polar surface area (TPSA) is 17.1 Å². The number of unbranched alkanes of at least 4 members (excludes halogenated alkanes) is 2. The molecule has 0 heterocycles. The molecule has 0 aliphatic carbocycles. The normalized spacial score (nSPS) is 8.17. The van der Waals surface area contributed by atoms with Crippen LogP contribution in [0.25, 0.3) is 0 Å². The molecular weight excluding hydrogens is 76.1 g/mol. The van der Waals surface area contributed by atoms with Gasteiger partial charge in [-0.05, 0) is 6.42 Å². The molecule has 0 aliphatic heterocycles. The van der Waals surface area contributed by atoms with E-state index in [0.717, 1.165) is 25.5 Å². The van der Waals surface area contributed by atoms with Gasteiger partial charge in [0, 0.05) is 6.42 Å². The molecular formula is C5H11O+. The van der Waals surface area contributed by atoms with Gasteiger partial charge >= 0.3 is 1.43 Å². The van der Waals surface area contributed by atoms with Gasteiger partial charge < -0.3 is 4.79 Å². The lowest BCUT2D eigenvalue weighted by atomic mass is 10.3. The summed E-state index contributed by atoms with van der Waals surface area (Å²) in [5.41, 5.74) is 0. The maximum Gasteiger partial charge on any atom is 1.00 e. The van der Waals surface area contributed by atoms with Gasteiger partial charge in [0.25, 0.3) is 0 Å². The number of carbonyl (C=O) groups excluding carboxylic acids is 1. The Kier molecular flexibility index (Phi) is 4.41. The molecule has 0 aliphatic rings. The summed E-state index contributed by atoms with van der Waals surface area (Å²) in [4.78, 5) is 9.56. The van der Waals surface area contributed by atoms with E-state index in [1.54, 1.807) is 0 Å². The van der Waals surface area contributed by atoms with Crippen LogP contribution in [0.15, 0.2) is 0 Å². The van der Waals surface area contributed by atoms with Gasteiger partial charge in [0.15, 0.2) is 0 Å². The van der Waals surface area contributed by atoms with Gasteiger partial charge in [-0.2, -0.15) is 0 Å². The van der Waals surface area contributed by atoms with Crippen LogP contribution in [0.1, 0.15) is 27.6 Å². The highest BCUT2D eigenvalue weighted by atomic mass is 16.1. The van der Waals surface area contributed by atoms with Crippen molar-refractivity contribution in [1.29, 1.82) is 0 Å². The Morgan fingerprint density at radius 1 is 1.83 bits per heavy atom. The highest BCUT2D eigenvalue weighted by Gasteiger charge is 1.74. The van der Waals surface area contributed by atoms with Crippen LogP contribution in [-0.4, -0.2) is 6.29 Å². The van der Waals surface area contributed by atoms with Crippen LogP contribution >= 0.6 is 0 Å². The molecule has 0 atom stereocenters. The molecule has 0 radical (unpaired) electrons. The largest absolute Gasteiger partial charge is 1.00 e. The fourth-order valence-electron chi connectivity index (χ4n) is 0.287. The first-order valence-electron chi connectivity index (χ1n) is 2.35. The third kappa shape index (κ3) is 3.67. The molecule has 0 fully saturated rings. The first kappa shape index (κ1) is 5.67. The summed E-state index contributed by atoms with van der Waals surface area (Å²) in [6, 6.07) is 0. The van der Waals surface area contributed by atoms with E-state index >= 15 is 0 Å². The summed E-state index contributed by atoms with van der Waals surface area (Å²) in [5.74, 6) is 0. The molecule has 0 spiro atoms. The summed E-state index contributed by atoms with van der Waals surface area (Å²) in [6.07, 6.45) is 3.86. The van der Waals surface area contributed by atoms with Crippen molar-refractivity contribution < 1.29 is 6.22 Å². The van der Waals surface area contributed by atoms with Gasteiger partial charge in [-0.1, -0.05) is 13.3 Å². The zero-order valence-electron chi connectivity index (χ0n) is 5.11. The highest BCUT2D eigenvalue weighted by molar-refractivity contribution is 5.48. The van der Waals surface area contributed by atoms with Crippen LogP contribution in [0.4, 0.5) is 0 Å². The van der Waals surface area contributed by atoms with Crippen LogP contribution < -0.4 is 0 Å². The molecule has 0 unspecified atom stereocenters. The van der Waals surface area contributed by atoms with Gasteiger partial charge in [0.2, 0.25) is 0 Å².